The number of ether oxygens (including phenoxy) is 1. The summed E-state index contributed by atoms with van der Waals surface area (Å²) >= 11 is 0. The average Bonchev–Trinajstić information content (AvgIpc) is 2.32. The molecule has 5 heteroatoms. The molecule has 0 amide bonds. The number of carboxylic acids is 1. The number of hydrogen-bond acceptors (Lipinski definition) is 4. The van der Waals surface area contributed by atoms with Crippen molar-refractivity contribution in [1.82, 2.24) is 4.90 Å². The van der Waals surface area contributed by atoms with Crippen LogP contribution < -0.4 is 0 Å². The zero-order valence-corrected chi connectivity index (χ0v) is 11.9. The third-order valence-corrected chi connectivity index (χ3v) is 2.45. The summed E-state index contributed by atoms with van der Waals surface area (Å²) in [6, 6.07) is 0. The first kappa shape index (κ1) is 17.4. The number of carbonyl (C=O) groups is 2. The van der Waals surface area contributed by atoms with Gasteiger partial charge in [-0.1, -0.05) is 26.0 Å². The van der Waals surface area contributed by atoms with Gasteiger partial charge in [-0.25, -0.2) is 9.59 Å². The molecule has 19 heavy (non-hydrogen) atoms. The van der Waals surface area contributed by atoms with Crippen molar-refractivity contribution in [2.24, 2.45) is 0 Å². The number of hydrogen-bond donors (Lipinski definition) is 1. The number of esters is 1. The Balaban J connectivity index is 4.24. The van der Waals surface area contributed by atoms with Gasteiger partial charge in [-0.2, -0.15) is 0 Å². The topological polar surface area (TPSA) is 66.8 Å². The summed E-state index contributed by atoms with van der Waals surface area (Å²) in [6.07, 6.45) is 2.97. The average molecular weight is 269 g/mol. The normalized spacial score (nSPS) is 11.5. The molecular weight excluding hydrogens is 246 g/mol. The molecule has 0 aliphatic heterocycles. The van der Waals surface area contributed by atoms with Crippen LogP contribution in [0.2, 0.25) is 0 Å². The largest absolute Gasteiger partial charge is 0.478 e. The van der Waals surface area contributed by atoms with E-state index in [1.807, 2.05) is 25.9 Å². The highest BCUT2D eigenvalue weighted by atomic mass is 16.5. The molecule has 0 fully saturated rings. The molecule has 0 heterocycles. The minimum absolute atomic E-state index is 0.211. The summed E-state index contributed by atoms with van der Waals surface area (Å²) in [4.78, 5) is 24.3. The van der Waals surface area contributed by atoms with Crippen molar-refractivity contribution < 1.29 is 19.4 Å². The van der Waals surface area contributed by atoms with Crippen LogP contribution in [-0.2, 0) is 14.3 Å². The molecule has 0 aromatic carbocycles. The van der Waals surface area contributed by atoms with Crippen LogP contribution in [0.15, 0.2) is 23.8 Å². The second-order valence-corrected chi connectivity index (χ2v) is 4.53. The zero-order valence-electron chi connectivity index (χ0n) is 11.9. The number of likely N-dealkylation sites (N-methyl/N-ethyl adjacent to an activating group) is 1. The number of rotatable bonds is 9. The fraction of sp³-hybridized carbons (Fsp3) is 0.571. The van der Waals surface area contributed by atoms with Crippen molar-refractivity contribution in [3.8, 4) is 0 Å². The molecule has 108 valence electrons. The van der Waals surface area contributed by atoms with E-state index in [0.29, 0.717) is 25.1 Å². The van der Waals surface area contributed by atoms with Gasteiger partial charge in [-0.3, -0.25) is 0 Å². The maximum absolute atomic E-state index is 11.5. The Morgan fingerprint density at radius 1 is 1.37 bits per heavy atom. The minimum atomic E-state index is -0.948. The molecule has 1 N–H and O–H groups in total. The van der Waals surface area contributed by atoms with Gasteiger partial charge in [-0.05, 0) is 26.9 Å². The Hall–Kier alpha value is -1.62. The van der Waals surface area contributed by atoms with Crippen molar-refractivity contribution >= 4 is 11.9 Å². The summed E-state index contributed by atoms with van der Waals surface area (Å²) in [7, 11) is 3.77. The summed E-state index contributed by atoms with van der Waals surface area (Å²) in [5.41, 5.74) is 0.582. The zero-order chi connectivity index (χ0) is 14.8. The molecule has 0 bridgehead atoms. The van der Waals surface area contributed by atoms with E-state index < -0.39 is 11.9 Å². The van der Waals surface area contributed by atoms with Crippen LogP contribution in [0.3, 0.4) is 0 Å². The van der Waals surface area contributed by atoms with Gasteiger partial charge in [0.05, 0.1) is 0 Å². The summed E-state index contributed by atoms with van der Waals surface area (Å²) < 4.78 is 5.01. The van der Waals surface area contributed by atoms with Crippen molar-refractivity contribution in [2.45, 2.75) is 26.2 Å². The molecule has 0 rings (SSSR count). The van der Waals surface area contributed by atoms with E-state index in [0.717, 1.165) is 6.42 Å². The van der Waals surface area contributed by atoms with Crippen LogP contribution in [0, 0.1) is 0 Å². The monoisotopic (exact) mass is 269 g/mol. The molecule has 0 spiro atoms. The lowest BCUT2D eigenvalue weighted by molar-refractivity contribution is -0.139. The van der Waals surface area contributed by atoms with E-state index in [4.69, 9.17) is 9.84 Å². The molecule has 0 aliphatic carbocycles. The van der Waals surface area contributed by atoms with Crippen LogP contribution in [0.5, 0.6) is 0 Å². The Labute approximate surface area is 114 Å². The molecular formula is C14H23NO4. The number of nitrogens with zero attached hydrogens (tertiary/aromatic N) is 1. The van der Waals surface area contributed by atoms with Gasteiger partial charge >= 0.3 is 11.9 Å². The first-order chi connectivity index (χ1) is 8.88. The third-order valence-electron chi connectivity index (χ3n) is 2.45. The molecule has 0 aliphatic rings. The number of carbonyl (C=O) groups excluding carboxylic acids is 1. The molecule has 0 aromatic rings. The summed E-state index contributed by atoms with van der Waals surface area (Å²) in [5, 5.41) is 8.94. The molecule has 0 atom stereocenters. The quantitative estimate of drug-likeness (QED) is 0.511. The maximum atomic E-state index is 11.5. The molecule has 5 nitrogen and oxygen atoms in total. The second kappa shape index (κ2) is 9.33. The Kier molecular flexibility index (Phi) is 8.53. The fourth-order valence-electron chi connectivity index (χ4n) is 1.32. The van der Waals surface area contributed by atoms with E-state index in [1.54, 1.807) is 0 Å². The fourth-order valence-corrected chi connectivity index (χ4v) is 1.32. The highest BCUT2D eigenvalue weighted by Crippen LogP contribution is 2.10. The summed E-state index contributed by atoms with van der Waals surface area (Å²) in [6.45, 7) is 6.47. The Morgan fingerprint density at radius 2 is 2.00 bits per heavy atom. The first-order valence-electron chi connectivity index (χ1n) is 6.30. The second-order valence-electron chi connectivity index (χ2n) is 4.53. The smallest absolute Gasteiger partial charge is 0.333 e. The van der Waals surface area contributed by atoms with Gasteiger partial charge in [0.2, 0.25) is 0 Å². The van der Waals surface area contributed by atoms with E-state index >= 15 is 0 Å². The predicted molar refractivity (Wildman–Crippen MR) is 73.9 cm³/mol. The molecule has 0 unspecified atom stereocenters. The van der Waals surface area contributed by atoms with Crippen molar-refractivity contribution in [2.75, 3.05) is 27.2 Å². The highest BCUT2D eigenvalue weighted by molar-refractivity contribution is 5.89. The summed E-state index contributed by atoms with van der Waals surface area (Å²) in [5.74, 6) is -1.42. The van der Waals surface area contributed by atoms with Crippen LogP contribution in [0.25, 0.3) is 0 Å². The molecule has 0 aromatic heterocycles. The van der Waals surface area contributed by atoms with Crippen LogP contribution in [0.1, 0.15) is 26.2 Å². The van der Waals surface area contributed by atoms with Crippen molar-refractivity contribution in [1.29, 1.82) is 0 Å². The van der Waals surface area contributed by atoms with Gasteiger partial charge in [0.15, 0.2) is 0 Å². The van der Waals surface area contributed by atoms with Gasteiger partial charge in [0, 0.05) is 17.7 Å². The number of allylic oxidation sites excluding steroid dienone is 1. The van der Waals surface area contributed by atoms with E-state index in [2.05, 4.69) is 6.58 Å². The lowest BCUT2D eigenvalue weighted by Gasteiger charge is -2.10. The van der Waals surface area contributed by atoms with Gasteiger partial charge in [0.1, 0.15) is 6.61 Å². The Bertz CT molecular complexity index is 358. The minimum Gasteiger partial charge on any atom is -0.478 e. The SMILES string of the molecule is C=C(CC=C(CCC)C(=O)O)C(=O)OCCN(C)C. The standard InChI is InChI=1S/C14H23NO4/c1-5-6-12(13(16)17)8-7-11(2)14(18)19-10-9-15(3)4/h8H,2,5-7,9-10H2,1,3-4H3,(H,16,17). The lowest BCUT2D eigenvalue weighted by Crippen LogP contribution is -2.20. The van der Waals surface area contributed by atoms with Crippen LogP contribution >= 0.6 is 0 Å². The highest BCUT2D eigenvalue weighted by Gasteiger charge is 2.10. The van der Waals surface area contributed by atoms with Gasteiger partial charge in [0.25, 0.3) is 0 Å². The molecule has 0 saturated heterocycles. The van der Waals surface area contributed by atoms with Crippen LogP contribution in [-0.4, -0.2) is 49.2 Å². The number of carboxylic acid groups (broad SMARTS) is 1. The van der Waals surface area contributed by atoms with E-state index in [9.17, 15) is 9.59 Å². The Morgan fingerprint density at radius 3 is 2.47 bits per heavy atom. The van der Waals surface area contributed by atoms with Gasteiger partial charge < -0.3 is 14.7 Å². The molecule has 0 radical (unpaired) electrons. The van der Waals surface area contributed by atoms with Crippen molar-refractivity contribution in [3.63, 3.8) is 0 Å². The number of aliphatic carboxylic acids is 1. The third kappa shape index (κ3) is 8.15. The van der Waals surface area contributed by atoms with Gasteiger partial charge in [-0.15, -0.1) is 0 Å². The van der Waals surface area contributed by atoms with Crippen LogP contribution in [0.4, 0.5) is 0 Å². The van der Waals surface area contributed by atoms with Crippen molar-refractivity contribution in [3.05, 3.63) is 23.8 Å². The lowest BCUT2D eigenvalue weighted by atomic mass is 10.1. The predicted octanol–water partition coefficient (Wildman–Crippen LogP) is 1.85. The molecule has 0 saturated carbocycles. The van der Waals surface area contributed by atoms with E-state index in [1.165, 1.54) is 6.08 Å². The first-order valence-corrected chi connectivity index (χ1v) is 6.30. The van der Waals surface area contributed by atoms with E-state index in [-0.39, 0.29) is 12.0 Å². The maximum Gasteiger partial charge on any atom is 0.333 e.